The van der Waals surface area contributed by atoms with Crippen LogP contribution in [0.25, 0.3) is 0 Å². The van der Waals surface area contributed by atoms with Gasteiger partial charge in [0.25, 0.3) is 0 Å². The monoisotopic (exact) mass is 217 g/mol. The number of aliphatic carboxylic acids is 1. The second-order valence-electron chi connectivity index (χ2n) is 2.13. The topological polar surface area (TPSA) is 61.1 Å². The van der Waals surface area contributed by atoms with Gasteiger partial charge in [-0.3, -0.25) is 4.79 Å². The SMILES string of the molecule is C=C(Br)C#N.O=C(O)C1CC1. The Morgan fingerprint density at radius 3 is 2.09 bits per heavy atom. The van der Waals surface area contributed by atoms with E-state index in [9.17, 15) is 4.79 Å². The number of halogens is 1. The second kappa shape index (κ2) is 4.91. The van der Waals surface area contributed by atoms with Crippen LogP contribution in [-0.4, -0.2) is 11.1 Å². The third kappa shape index (κ3) is 7.07. The fourth-order valence-electron chi connectivity index (χ4n) is 0.330. The van der Waals surface area contributed by atoms with Crippen LogP contribution in [0.2, 0.25) is 0 Å². The molecule has 0 heterocycles. The molecule has 0 aromatic carbocycles. The molecule has 0 amide bonds. The predicted octanol–water partition coefficient (Wildman–Crippen LogP) is 1.90. The minimum absolute atomic E-state index is 0.0185. The van der Waals surface area contributed by atoms with E-state index < -0.39 is 5.97 Å². The lowest BCUT2D eigenvalue weighted by Gasteiger charge is -1.75. The molecule has 11 heavy (non-hydrogen) atoms. The van der Waals surface area contributed by atoms with E-state index in [-0.39, 0.29) is 5.92 Å². The maximum atomic E-state index is 9.76. The maximum Gasteiger partial charge on any atom is 0.306 e. The minimum atomic E-state index is -0.630. The van der Waals surface area contributed by atoms with Gasteiger partial charge >= 0.3 is 5.97 Å². The molecule has 0 aromatic heterocycles. The molecule has 3 nitrogen and oxygen atoms in total. The highest BCUT2D eigenvalue weighted by Crippen LogP contribution is 2.28. The van der Waals surface area contributed by atoms with Crippen molar-refractivity contribution in [3.8, 4) is 6.07 Å². The van der Waals surface area contributed by atoms with Crippen molar-refractivity contribution in [3.63, 3.8) is 0 Å². The predicted molar refractivity (Wildman–Crippen MR) is 44.0 cm³/mol. The number of carbonyl (C=O) groups is 1. The Labute approximate surface area is 73.5 Å². The molecule has 0 aromatic rings. The Morgan fingerprint density at radius 1 is 1.73 bits per heavy atom. The number of carboxylic acids is 1. The average Bonchev–Trinajstić information content (AvgIpc) is 2.69. The highest BCUT2D eigenvalue weighted by Gasteiger charge is 2.28. The zero-order chi connectivity index (χ0) is 8.85. The standard InChI is InChI=1S/C4H6O2.C3H2BrN/c5-4(6)3-1-2-3;1-3(4)2-5/h3H,1-2H2,(H,5,6);1H2. The molecule has 0 unspecified atom stereocenters. The fourth-order valence-corrected chi connectivity index (χ4v) is 0.330. The van der Waals surface area contributed by atoms with E-state index in [1.807, 2.05) is 0 Å². The van der Waals surface area contributed by atoms with Gasteiger partial charge in [0.05, 0.1) is 10.4 Å². The molecule has 4 heteroatoms. The van der Waals surface area contributed by atoms with Gasteiger partial charge in [0, 0.05) is 0 Å². The van der Waals surface area contributed by atoms with E-state index in [0.717, 1.165) is 12.8 Å². The summed E-state index contributed by atoms with van der Waals surface area (Å²) in [5.41, 5.74) is 0. The van der Waals surface area contributed by atoms with Crippen molar-refractivity contribution in [1.29, 1.82) is 5.26 Å². The van der Waals surface area contributed by atoms with E-state index in [4.69, 9.17) is 10.4 Å². The summed E-state index contributed by atoms with van der Waals surface area (Å²) in [5.74, 6) is -0.611. The van der Waals surface area contributed by atoms with Crippen LogP contribution in [0, 0.1) is 17.2 Å². The fraction of sp³-hybridized carbons (Fsp3) is 0.429. The molecular weight excluding hydrogens is 210 g/mol. The van der Waals surface area contributed by atoms with Gasteiger partial charge in [0.1, 0.15) is 6.07 Å². The first kappa shape index (κ1) is 10.2. The van der Waals surface area contributed by atoms with Gasteiger partial charge in [-0.1, -0.05) is 6.58 Å². The first-order chi connectivity index (χ1) is 5.07. The van der Waals surface area contributed by atoms with Gasteiger partial charge in [-0.05, 0) is 28.8 Å². The van der Waals surface area contributed by atoms with Crippen molar-refractivity contribution in [3.05, 3.63) is 11.1 Å². The molecular formula is C7H8BrNO2. The Morgan fingerprint density at radius 2 is 2.09 bits per heavy atom. The average molecular weight is 218 g/mol. The first-order valence-electron chi connectivity index (χ1n) is 3.05. The Hall–Kier alpha value is -0.820. The third-order valence-electron chi connectivity index (χ3n) is 1.05. The number of hydrogen-bond donors (Lipinski definition) is 1. The van der Waals surface area contributed by atoms with E-state index in [1.165, 1.54) is 0 Å². The number of allylic oxidation sites excluding steroid dienone is 1. The van der Waals surface area contributed by atoms with Gasteiger partial charge < -0.3 is 5.11 Å². The summed E-state index contributed by atoms with van der Waals surface area (Å²) < 4.78 is 0.373. The van der Waals surface area contributed by atoms with Crippen LogP contribution in [0.1, 0.15) is 12.8 Å². The number of hydrogen-bond acceptors (Lipinski definition) is 2. The normalized spacial score (nSPS) is 13.8. The Balaban J connectivity index is 0.000000187. The summed E-state index contributed by atoms with van der Waals surface area (Å²) >= 11 is 2.82. The minimum Gasteiger partial charge on any atom is -0.481 e. The van der Waals surface area contributed by atoms with E-state index >= 15 is 0 Å². The van der Waals surface area contributed by atoms with Gasteiger partial charge in [-0.2, -0.15) is 5.26 Å². The molecule has 0 radical (unpaired) electrons. The van der Waals surface area contributed by atoms with Gasteiger partial charge in [0.15, 0.2) is 0 Å². The second-order valence-corrected chi connectivity index (χ2v) is 3.09. The summed E-state index contributed by atoms with van der Waals surface area (Å²) in [6.45, 7) is 3.23. The van der Waals surface area contributed by atoms with Crippen molar-refractivity contribution < 1.29 is 9.90 Å². The van der Waals surface area contributed by atoms with Crippen molar-refractivity contribution >= 4 is 21.9 Å². The van der Waals surface area contributed by atoms with Crippen LogP contribution in [0.3, 0.4) is 0 Å². The molecule has 1 rings (SSSR count). The third-order valence-corrected chi connectivity index (χ3v) is 1.23. The van der Waals surface area contributed by atoms with Gasteiger partial charge in [-0.15, -0.1) is 0 Å². The zero-order valence-corrected chi connectivity index (χ0v) is 7.47. The molecule has 0 saturated heterocycles. The highest BCUT2D eigenvalue weighted by molar-refractivity contribution is 9.12. The molecule has 1 N–H and O–H groups in total. The van der Waals surface area contributed by atoms with Crippen LogP contribution < -0.4 is 0 Å². The molecule has 1 aliphatic carbocycles. The molecule has 1 saturated carbocycles. The molecule has 1 aliphatic rings. The maximum absolute atomic E-state index is 9.76. The summed E-state index contributed by atoms with van der Waals surface area (Å²) in [7, 11) is 0. The summed E-state index contributed by atoms with van der Waals surface area (Å²) in [6, 6.07) is 1.75. The Kier molecular flexibility index (Phi) is 4.55. The first-order valence-corrected chi connectivity index (χ1v) is 3.84. The molecule has 60 valence electrons. The number of rotatable bonds is 1. The van der Waals surface area contributed by atoms with Crippen LogP contribution in [0.15, 0.2) is 11.1 Å². The molecule has 0 atom stereocenters. The van der Waals surface area contributed by atoms with Gasteiger partial charge in [0.2, 0.25) is 0 Å². The van der Waals surface area contributed by atoms with Crippen molar-refractivity contribution in [2.24, 2.45) is 5.92 Å². The largest absolute Gasteiger partial charge is 0.481 e. The van der Waals surface area contributed by atoms with E-state index in [1.54, 1.807) is 6.07 Å². The smallest absolute Gasteiger partial charge is 0.306 e. The zero-order valence-electron chi connectivity index (χ0n) is 5.88. The summed E-state index contributed by atoms with van der Waals surface area (Å²) in [6.07, 6.45) is 1.80. The number of nitrogens with zero attached hydrogens (tertiary/aromatic N) is 1. The lowest BCUT2D eigenvalue weighted by molar-refractivity contribution is -0.138. The lowest BCUT2D eigenvalue weighted by Crippen LogP contribution is -1.94. The van der Waals surface area contributed by atoms with Crippen molar-refractivity contribution in [2.45, 2.75) is 12.8 Å². The van der Waals surface area contributed by atoms with Crippen LogP contribution in [0.4, 0.5) is 0 Å². The number of nitriles is 1. The molecule has 1 fully saturated rings. The Bertz CT molecular complexity index is 203. The van der Waals surface area contributed by atoms with Crippen molar-refractivity contribution in [1.82, 2.24) is 0 Å². The van der Waals surface area contributed by atoms with Gasteiger partial charge in [-0.25, -0.2) is 0 Å². The molecule has 0 spiro atoms. The van der Waals surface area contributed by atoms with Crippen LogP contribution in [0.5, 0.6) is 0 Å². The number of carboxylic acid groups (broad SMARTS) is 1. The molecule has 0 aliphatic heterocycles. The van der Waals surface area contributed by atoms with Crippen LogP contribution >= 0.6 is 15.9 Å². The quantitative estimate of drug-likeness (QED) is 0.683. The summed E-state index contributed by atoms with van der Waals surface area (Å²) in [5, 5.41) is 15.8. The molecule has 0 bridgehead atoms. The highest BCUT2D eigenvalue weighted by atomic mass is 79.9. The lowest BCUT2D eigenvalue weighted by atomic mass is 10.5. The van der Waals surface area contributed by atoms with Crippen LogP contribution in [-0.2, 0) is 4.79 Å². The van der Waals surface area contributed by atoms with E-state index in [2.05, 4.69) is 22.5 Å². The summed E-state index contributed by atoms with van der Waals surface area (Å²) in [4.78, 5) is 9.76. The van der Waals surface area contributed by atoms with Crippen molar-refractivity contribution in [2.75, 3.05) is 0 Å². The van der Waals surface area contributed by atoms with E-state index in [0.29, 0.717) is 4.48 Å².